The summed E-state index contributed by atoms with van der Waals surface area (Å²) in [5.74, 6) is 0. The smallest absolute Gasteiger partial charge is 0.100 e. The first-order chi connectivity index (χ1) is 7.71. The summed E-state index contributed by atoms with van der Waals surface area (Å²) in [4.78, 5) is 0. The predicted octanol–water partition coefficient (Wildman–Crippen LogP) is 3.10. The molecule has 5 heteroatoms. The van der Waals surface area contributed by atoms with Crippen LogP contribution in [0.25, 0.3) is 0 Å². The first-order valence-electron chi connectivity index (χ1n) is 5.97. The average Bonchev–Trinajstić information content (AvgIpc) is 2.67. The Morgan fingerprint density at radius 1 is 1.47 bits per heavy atom. The zero-order chi connectivity index (χ0) is 12.8. The van der Waals surface area contributed by atoms with E-state index in [4.69, 9.17) is 16.3 Å². The molecule has 0 radical (unpaired) electrons. The fraction of sp³-hybridized carbons (Fsp3) is 0.833. The molecule has 0 spiro atoms. The normalized spacial score (nSPS) is 28.2. The molecule has 0 bridgehead atoms. The van der Waals surface area contributed by atoms with E-state index in [1.807, 2.05) is 17.8 Å². The van der Waals surface area contributed by atoms with Gasteiger partial charge in [-0.3, -0.25) is 0 Å². The highest BCUT2D eigenvalue weighted by atomic mass is 35.5. The largest absolute Gasteiger partial charge is 0.367 e. The van der Waals surface area contributed by atoms with Gasteiger partial charge in [0.1, 0.15) is 5.69 Å². The molecule has 0 N–H and O–H groups in total. The Kier molecular flexibility index (Phi) is 2.99. The number of rotatable bonds is 2. The Bertz CT molecular complexity index is 412. The molecule has 96 valence electrons. The second-order valence-electron chi connectivity index (χ2n) is 5.92. The number of hydrogen-bond acceptors (Lipinski definition) is 3. The maximum absolute atomic E-state index is 6.05. The topological polar surface area (TPSA) is 39.9 Å². The molecule has 0 aliphatic carbocycles. The minimum atomic E-state index is -0.232. The molecule has 17 heavy (non-hydrogen) atoms. The van der Waals surface area contributed by atoms with Gasteiger partial charge in [0.05, 0.1) is 28.8 Å². The van der Waals surface area contributed by atoms with Crippen molar-refractivity contribution in [2.24, 2.45) is 0 Å². The highest BCUT2D eigenvalue weighted by molar-refractivity contribution is 6.20. The standard InChI is InChI=1S/C12H20ClN3O/c1-8(13)9-7-16(15-14-9)10-6-11(2,3)17-12(10,4)5/h7-8,10H,6H2,1-5H3. The molecule has 1 fully saturated rings. The Morgan fingerprint density at radius 3 is 2.53 bits per heavy atom. The van der Waals surface area contributed by atoms with Crippen LogP contribution in [0.2, 0.25) is 0 Å². The number of ether oxygens (including phenoxy) is 1. The maximum atomic E-state index is 6.05. The summed E-state index contributed by atoms with van der Waals surface area (Å²) < 4.78 is 7.94. The molecule has 2 unspecified atom stereocenters. The zero-order valence-corrected chi connectivity index (χ0v) is 11.8. The van der Waals surface area contributed by atoms with Gasteiger partial charge in [0.25, 0.3) is 0 Å². The van der Waals surface area contributed by atoms with Crippen LogP contribution in [0.1, 0.15) is 58.2 Å². The van der Waals surface area contributed by atoms with Crippen LogP contribution in [0.15, 0.2) is 6.20 Å². The van der Waals surface area contributed by atoms with Gasteiger partial charge in [0, 0.05) is 6.42 Å². The van der Waals surface area contributed by atoms with E-state index in [-0.39, 0.29) is 22.6 Å². The van der Waals surface area contributed by atoms with Crippen LogP contribution in [-0.4, -0.2) is 26.2 Å². The van der Waals surface area contributed by atoms with Gasteiger partial charge in [-0.25, -0.2) is 4.68 Å². The van der Waals surface area contributed by atoms with E-state index in [0.29, 0.717) is 0 Å². The molecule has 1 aromatic heterocycles. The molecule has 1 aromatic rings. The van der Waals surface area contributed by atoms with Crippen molar-refractivity contribution < 1.29 is 4.74 Å². The van der Waals surface area contributed by atoms with Crippen molar-refractivity contribution in [2.75, 3.05) is 0 Å². The highest BCUT2D eigenvalue weighted by Gasteiger charge is 2.47. The minimum Gasteiger partial charge on any atom is -0.367 e. The van der Waals surface area contributed by atoms with Gasteiger partial charge in [-0.05, 0) is 34.6 Å². The summed E-state index contributed by atoms with van der Waals surface area (Å²) in [7, 11) is 0. The molecule has 0 aromatic carbocycles. The van der Waals surface area contributed by atoms with Crippen molar-refractivity contribution in [3.8, 4) is 0 Å². The van der Waals surface area contributed by atoms with E-state index in [0.717, 1.165) is 12.1 Å². The Hall–Kier alpha value is -0.610. The number of halogens is 1. The Labute approximate surface area is 107 Å². The van der Waals surface area contributed by atoms with Gasteiger partial charge < -0.3 is 4.74 Å². The van der Waals surface area contributed by atoms with Crippen LogP contribution in [-0.2, 0) is 4.74 Å². The first kappa shape index (κ1) is 12.8. The van der Waals surface area contributed by atoms with Gasteiger partial charge in [-0.15, -0.1) is 16.7 Å². The van der Waals surface area contributed by atoms with Crippen molar-refractivity contribution in [1.82, 2.24) is 15.0 Å². The van der Waals surface area contributed by atoms with Gasteiger partial charge in [-0.1, -0.05) is 5.21 Å². The number of nitrogens with zero attached hydrogens (tertiary/aromatic N) is 3. The molecule has 0 saturated carbocycles. The van der Waals surface area contributed by atoms with Gasteiger partial charge in [0.15, 0.2) is 0 Å². The summed E-state index contributed by atoms with van der Waals surface area (Å²) in [6.45, 7) is 10.3. The number of aromatic nitrogens is 3. The van der Waals surface area contributed by atoms with Gasteiger partial charge in [-0.2, -0.15) is 0 Å². The van der Waals surface area contributed by atoms with Crippen molar-refractivity contribution in [3.63, 3.8) is 0 Å². The van der Waals surface area contributed by atoms with Gasteiger partial charge >= 0.3 is 0 Å². The van der Waals surface area contributed by atoms with Crippen LogP contribution in [0.3, 0.4) is 0 Å². The average molecular weight is 258 g/mol. The zero-order valence-electron chi connectivity index (χ0n) is 11.1. The molecule has 1 saturated heterocycles. The monoisotopic (exact) mass is 257 g/mol. The fourth-order valence-electron chi connectivity index (χ4n) is 2.57. The van der Waals surface area contributed by atoms with E-state index in [2.05, 4.69) is 38.0 Å². The van der Waals surface area contributed by atoms with Crippen LogP contribution in [0, 0.1) is 0 Å². The lowest BCUT2D eigenvalue weighted by molar-refractivity contribution is -0.0738. The first-order valence-corrected chi connectivity index (χ1v) is 6.41. The maximum Gasteiger partial charge on any atom is 0.100 e. The Morgan fingerprint density at radius 2 is 2.12 bits per heavy atom. The quantitative estimate of drug-likeness (QED) is 0.765. The van der Waals surface area contributed by atoms with Crippen molar-refractivity contribution in [3.05, 3.63) is 11.9 Å². The van der Waals surface area contributed by atoms with Gasteiger partial charge in [0.2, 0.25) is 0 Å². The molecule has 2 atom stereocenters. The van der Waals surface area contributed by atoms with E-state index >= 15 is 0 Å². The summed E-state index contributed by atoms with van der Waals surface area (Å²) in [6, 6.07) is 0.203. The predicted molar refractivity (Wildman–Crippen MR) is 67.2 cm³/mol. The summed E-state index contributed by atoms with van der Waals surface area (Å²) in [6.07, 6.45) is 2.86. The molecule has 2 rings (SSSR count). The van der Waals surface area contributed by atoms with Crippen LogP contribution in [0.5, 0.6) is 0 Å². The summed E-state index contributed by atoms with van der Waals surface area (Å²) >= 11 is 6.00. The van der Waals surface area contributed by atoms with Crippen molar-refractivity contribution in [2.45, 2.75) is 63.7 Å². The van der Waals surface area contributed by atoms with Crippen molar-refractivity contribution >= 4 is 11.6 Å². The molecular weight excluding hydrogens is 238 g/mol. The lowest BCUT2D eigenvalue weighted by atomic mass is 9.95. The second-order valence-corrected chi connectivity index (χ2v) is 6.58. The third-order valence-corrected chi connectivity index (χ3v) is 3.51. The molecule has 1 aliphatic rings. The molecular formula is C12H20ClN3O. The molecule has 1 aliphatic heterocycles. The number of alkyl halides is 1. The third kappa shape index (κ3) is 2.47. The molecule has 4 nitrogen and oxygen atoms in total. The van der Waals surface area contributed by atoms with Crippen LogP contribution >= 0.6 is 11.6 Å². The third-order valence-electron chi connectivity index (χ3n) is 3.28. The summed E-state index contributed by atoms with van der Waals surface area (Å²) in [5, 5.41) is 8.17. The van der Waals surface area contributed by atoms with E-state index in [1.165, 1.54) is 0 Å². The molecule has 2 heterocycles. The SMILES string of the molecule is CC(Cl)c1cn(C2CC(C)(C)OC2(C)C)nn1. The second kappa shape index (κ2) is 3.95. The van der Waals surface area contributed by atoms with E-state index in [9.17, 15) is 0 Å². The minimum absolute atomic E-state index is 0.109. The summed E-state index contributed by atoms with van der Waals surface area (Å²) in [5.41, 5.74) is 0.462. The van der Waals surface area contributed by atoms with Crippen LogP contribution < -0.4 is 0 Å². The van der Waals surface area contributed by atoms with Crippen LogP contribution in [0.4, 0.5) is 0 Å². The lowest BCUT2D eigenvalue weighted by Gasteiger charge is -2.26. The number of hydrogen-bond donors (Lipinski definition) is 0. The van der Waals surface area contributed by atoms with Crippen molar-refractivity contribution in [1.29, 1.82) is 0 Å². The lowest BCUT2D eigenvalue weighted by Crippen LogP contribution is -2.31. The highest BCUT2D eigenvalue weighted by Crippen LogP contribution is 2.44. The fourth-order valence-corrected chi connectivity index (χ4v) is 2.67. The molecule has 0 amide bonds. The van der Waals surface area contributed by atoms with E-state index < -0.39 is 0 Å². The van der Waals surface area contributed by atoms with E-state index in [1.54, 1.807) is 0 Å². The Balaban J connectivity index is 2.27.